The fraction of sp³-hybridized carbons (Fsp3) is 0. The monoisotopic (exact) mass is 371 g/mol. The molecular weight excluding hydrogens is 365 g/mol. The van der Waals surface area contributed by atoms with Crippen molar-refractivity contribution in [3.05, 3.63) is 55.8 Å². The van der Waals surface area contributed by atoms with Crippen LogP contribution in [0.25, 0.3) is 10.6 Å². The van der Waals surface area contributed by atoms with Gasteiger partial charge in [0.05, 0.1) is 10.6 Å². The molecule has 0 amide bonds. The predicted octanol–water partition coefficient (Wildman–Crippen LogP) is 4.98. The van der Waals surface area contributed by atoms with Crippen LogP contribution >= 0.6 is 45.5 Å². The number of rotatable bonds is 2. The first-order valence-corrected chi connectivity index (χ1v) is 7.16. The number of hydrogen-bond acceptors (Lipinski definition) is 2. The van der Waals surface area contributed by atoms with Crippen LogP contribution in [0.3, 0.4) is 0 Å². The number of halogens is 2. The molecule has 2 aromatic rings. The topological polar surface area (TPSA) is 23.8 Å². The molecule has 1 nitrogen and oxygen atoms in total. The maximum Gasteiger partial charge on any atom is 0.102 e. The molecule has 0 aliphatic rings. The Morgan fingerprint density at radius 1 is 1.24 bits per heavy atom. The van der Waals surface area contributed by atoms with E-state index in [4.69, 9.17) is 11.6 Å². The minimum atomic E-state index is 0.514. The molecule has 0 saturated carbocycles. The standard InChI is InChI=1S/C13H7ClINS/c14-13(9-4-1-2-5-11(9)15)10(8-16)12-6-3-7-17-12/h1-7H. The Balaban J connectivity index is 2.58. The maximum absolute atomic E-state index is 9.23. The zero-order chi connectivity index (χ0) is 12.3. The van der Waals surface area contributed by atoms with E-state index < -0.39 is 0 Å². The van der Waals surface area contributed by atoms with Crippen molar-refractivity contribution in [1.29, 1.82) is 5.26 Å². The van der Waals surface area contributed by atoms with Gasteiger partial charge in [-0.1, -0.05) is 35.9 Å². The van der Waals surface area contributed by atoms with Crippen LogP contribution in [-0.2, 0) is 0 Å². The van der Waals surface area contributed by atoms with Crippen LogP contribution in [0.4, 0.5) is 0 Å². The fourth-order valence-electron chi connectivity index (χ4n) is 1.41. The van der Waals surface area contributed by atoms with E-state index in [1.54, 1.807) is 0 Å². The van der Waals surface area contributed by atoms with E-state index in [9.17, 15) is 5.26 Å². The molecule has 0 N–H and O–H groups in total. The molecule has 0 saturated heterocycles. The van der Waals surface area contributed by atoms with Gasteiger partial charge in [0.15, 0.2) is 0 Å². The van der Waals surface area contributed by atoms with E-state index in [2.05, 4.69) is 28.7 Å². The van der Waals surface area contributed by atoms with Crippen LogP contribution < -0.4 is 0 Å². The average Bonchev–Trinajstić information content (AvgIpc) is 2.84. The minimum absolute atomic E-state index is 0.514. The van der Waals surface area contributed by atoms with Crippen LogP contribution in [-0.4, -0.2) is 0 Å². The summed E-state index contributed by atoms with van der Waals surface area (Å²) in [6.45, 7) is 0. The lowest BCUT2D eigenvalue weighted by atomic mass is 10.1. The molecule has 1 heterocycles. The minimum Gasteiger partial charge on any atom is -0.192 e. The van der Waals surface area contributed by atoms with E-state index in [1.807, 2.05) is 41.8 Å². The summed E-state index contributed by atoms with van der Waals surface area (Å²) in [6, 6.07) is 13.8. The van der Waals surface area contributed by atoms with Gasteiger partial charge in [-0.3, -0.25) is 0 Å². The second-order valence-corrected chi connectivity index (χ2v) is 5.75. The first kappa shape index (κ1) is 12.6. The summed E-state index contributed by atoms with van der Waals surface area (Å²) in [6.07, 6.45) is 0. The highest BCUT2D eigenvalue weighted by molar-refractivity contribution is 14.1. The maximum atomic E-state index is 9.23. The molecule has 0 bridgehead atoms. The second kappa shape index (κ2) is 5.67. The van der Waals surface area contributed by atoms with Crippen molar-refractivity contribution in [3.63, 3.8) is 0 Å². The van der Waals surface area contributed by atoms with Crippen LogP contribution in [0.1, 0.15) is 10.4 Å². The fourth-order valence-corrected chi connectivity index (χ4v) is 3.31. The van der Waals surface area contributed by atoms with Crippen molar-refractivity contribution in [1.82, 2.24) is 0 Å². The SMILES string of the molecule is N#CC(=C(Cl)c1ccccc1I)c1cccs1. The first-order valence-electron chi connectivity index (χ1n) is 4.82. The molecule has 2 rings (SSSR count). The summed E-state index contributed by atoms with van der Waals surface area (Å²) in [7, 11) is 0. The number of hydrogen-bond donors (Lipinski definition) is 0. The van der Waals surface area contributed by atoms with Gasteiger partial charge in [-0.2, -0.15) is 5.26 Å². The Kier molecular flexibility index (Phi) is 4.21. The summed E-state index contributed by atoms with van der Waals surface area (Å²) in [5.41, 5.74) is 1.44. The van der Waals surface area contributed by atoms with Gasteiger partial charge in [0.2, 0.25) is 0 Å². The number of thiophene rings is 1. The van der Waals surface area contributed by atoms with Crippen LogP contribution in [0.2, 0.25) is 0 Å². The molecule has 0 radical (unpaired) electrons. The zero-order valence-corrected chi connectivity index (χ0v) is 12.4. The molecule has 4 heteroatoms. The third-order valence-corrected chi connectivity index (χ3v) is 4.43. The average molecular weight is 372 g/mol. The lowest BCUT2D eigenvalue weighted by molar-refractivity contribution is 1.53. The molecule has 1 aromatic carbocycles. The van der Waals surface area contributed by atoms with Gasteiger partial charge in [-0.05, 0) is 40.1 Å². The predicted molar refractivity (Wildman–Crippen MR) is 81.8 cm³/mol. The Morgan fingerprint density at radius 3 is 2.59 bits per heavy atom. The number of nitriles is 1. The second-order valence-electron chi connectivity index (χ2n) is 3.26. The summed E-state index contributed by atoms with van der Waals surface area (Å²) in [4.78, 5) is 0.900. The molecular formula is C13H7ClINS. The van der Waals surface area contributed by atoms with Crippen LogP contribution in [0.15, 0.2) is 41.8 Å². The summed E-state index contributed by atoms with van der Waals surface area (Å²) in [5, 5.41) is 11.7. The van der Waals surface area contributed by atoms with Crippen molar-refractivity contribution in [3.8, 4) is 6.07 Å². The quantitative estimate of drug-likeness (QED) is 0.539. The smallest absolute Gasteiger partial charge is 0.102 e. The number of allylic oxidation sites excluding steroid dienone is 1. The Hall–Kier alpha value is -0.830. The third kappa shape index (κ3) is 2.71. The molecule has 17 heavy (non-hydrogen) atoms. The lowest BCUT2D eigenvalue weighted by Gasteiger charge is -2.04. The highest BCUT2D eigenvalue weighted by Gasteiger charge is 2.12. The van der Waals surface area contributed by atoms with Gasteiger partial charge in [-0.15, -0.1) is 11.3 Å². The normalized spacial score (nSPS) is 11.8. The number of benzene rings is 1. The summed E-state index contributed by atoms with van der Waals surface area (Å²) in [5.74, 6) is 0. The zero-order valence-electron chi connectivity index (χ0n) is 8.65. The number of nitrogens with zero attached hydrogens (tertiary/aromatic N) is 1. The molecule has 1 aromatic heterocycles. The van der Waals surface area contributed by atoms with E-state index in [0.717, 1.165) is 14.0 Å². The first-order chi connectivity index (χ1) is 8.24. The Morgan fingerprint density at radius 2 is 2.00 bits per heavy atom. The highest BCUT2D eigenvalue weighted by Crippen LogP contribution is 2.33. The molecule has 0 spiro atoms. The summed E-state index contributed by atoms with van der Waals surface area (Å²) >= 11 is 10.1. The molecule has 0 unspecified atom stereocenters. The van der Waals surface area contributed by atoms with Crippen LogP contribution in [0.5, 0.6) is 0 Å². The third-order valence-electron chi connectivity index (χ3n) is 2.21. The van der Waals surface area contributed by atoms with Crippen molar-refractivity contribution in [2.75, 3.05) is 0 Å². The largest absolute Gasteiger partial charge is 0.192 e. The van der Waals surface area contributed by atoms with Crippen molar-refractivity contribution >= 4 is 56.1 Å². The van der Waals surface area contributed by atoms with Gasteiger partial charge < -0.3 is 0 Å². The Bertz CT molecular complexity index is 596. The van der Waals surface area contributed by atoms with Crippen molar-refractivity contribution < 1.29 is 0 Å². The van der Waals surface area contributed by atoms with Crippen LogP contribution in [0, 0.1) is 14.9 Å². The van der Waals surface area contributed by atoms with Gasteiger partial charge in [0.1, 0.15) is 6.07 Å². The highest BCUT2D eigenvalue weighted by atomic mass is 127. The van der Waals surface area contributed by atoms with Gasteiger partial charge in [0.25, 0.3) is 0 Å². The van der Waals surface area contributed by atoms with Gasteiger partial charge in [0, 0.05) is 14.0 Å². The Labute approximate surface area is 122 Å². The molecule has 84 valence electrons. The molecule has 0 fully saturated rings. The lowest BCUT2D eigenvalue weighted by Crippen LogP contribution is -1.86. The van der Waals surface area contributed by atoms with Gasteiger partial charge in [-0.25, -0.2) is 0 Å². The van der Waals surface area contributed by atoms with Crippen molar-refractivity contribution in [2.45, 2.75) is 0 Å². The molecule has 0 atom stereocenters. The van der Waals surface area contributed by atoms with E-state index in [0.29, 0.717) is 10.6 Å². The van der Waals surface area contributed by atoms with E-state index in [1.165, 1.54) is 11.3 Å². The summed E-state index contributed by atoms with van der Waals surface area (Å²) < 4.78 is 1.04. The van der Waals surface area contributed by atoms with Gasteiger partial charge >= 0.3 is 0 Å². The van der Waals surface area contributed by atoms with Crippen molar-refractivity contribution in [2.24, 2.45) is 0 Å². The molecule has 0 aliphatic carbocycles. The van der Waals surface area contributed by atoms with E-state index in [-0.39, 0.29) is 0 Å². The molecule has 0 aliphatic heterocycles. The van der Waals surface area contributed by atoms with E-state index >= 15 is 0 Å².